The monoisotopic (exact) mass is 277 g/mol. The largest absolute Gasteiger partial charge is 0.480 e. The average molecular weight is 277 g/mol. The Bertz CT molecular complexity index is 485. The molecule has 0 saturated heterocycles. The Hall–Kier alpha value is -0.920. The molecule has 0 bridgehead atoms. The molecule has 1 heterocycles. The molecule has 0 aliphatic carbocycles. The summed E-state index contributed by atoms with van der Waals surface area (Å²) >= 11 is 1.05. The lowest BCUT2D eigenvalue weighted by Crippen LogP contribution is -2.48. The second-order valence-electron chi connectivity index (χ2n) is 4.69. The highest BCUT2D eigenvalue weighted by Gasteiger charge is 2.35. The van der Waals surface area contributed by atoms with Crippen LogP contribution in [0.5, 0.6) is 0 Å². The van der Waals surface area contributed by atoms with Crippen molar-refractivity contribution >= 4 is 27.3 Å². The molecule has 1 aromatic heterocycles. The Labute approximate surface area is 105 Å². The Morgan fingerprint density at radius 2 is 2.06 bits per heavy atom. The Kier molecular flexibility index (Phi) is 3.95. The average Bonchev–Trinajstić information content (AvgIpc) is 2.65. The summed E-state index contributed by atoms with van der Waals surface area (Å²) in [5.74, 6) is -1.18. The van der Waals surface area contributed by atoms with Crippen LogP contribution in [0.2, 0.25) is 0 Å². The molecular formula is C10H15NO4S2. The summed E-state index contributed by atoms with van der Waals surface area (Å²) in [6.45, 7) is 5.01. The topological polar surface area (TPSA) is 83.5 Å². The van der Waals surface area contributed by atoms with E-state index in [0.29, 0.717) is 0 Å². The highest BCUT2D eigenvalue weighted by molar-refractivity contribution is 7.91. The zero-order chi connectivity index (χ0) is 13.3. The molecule has 1 rings (SSSR count). The summed E-state index contributed by atoms with van der Waals surface area (Å²) < 4.78 is 26.1. The number of hydrogen-bond donors (Lipinski definition) is 2. The molecule has 0 unspecified atom stereocenters. The lowest BCUT2D eigenvalue weighted by atomic mass is 9.88. The van der Waals surface area contributed by atoms with E-state index in [1.165, 1.54) is 6.07 Å². The van der Waals surface area contributed by atoms with Gasteiger partial charge in [-0.15, -0.1) is 11.3 Å². The molecule has 1 aromatic rings. The molecule has 0 saturated carbocycles. The number of rotatable bonds is 4. The third kappa shape index (κ3) is 3.52. The van der Waals surface area contributed by atoms with Crippen molar-refractivity contribution in [3.8, 4) is 0 Å². The maximum atomic E-state index is 11.9. The third-order valence-electron chi connectivity index (χ3n) is 2.15. The van der Waals surface area contributed by atoms with Gasteiger partial charge in [0, 0.05) is 0 Å². The molecule has 0 amide bonds. The van der Waals surface area contributed by atoms with Gasteiger partial charge in [0.25, 0.3) is 10.0 Å². The van der Waals surface area contributed by atoms with E-state index >= 15 is 0 Å². The van der Waals surface area contributed by atoms with E-state index in [0.717, 1.165) is 11.3 Å². The normalized spacial score (nSPS) is 14.5. The van der Waals surface area contributed by atoms with Gasteiger partial charge >= 0.3 is 5.97 Å². The fourth-order valence-electron chi connectivity index (χ4n) is 1.23. The number of nitrogens with one attached hydrogen (secondary N) is 1. The molecule has 0 radical (unpaired) electrons. The fraction of sp³-hybridized carbons (Fsp3) is 0.500. The van der Waals surface area contributed by atoms with Crippen molar-refractivity contribution in [3.63, 3.8) is 0 Å². The number of aliphatic carboxylic acids is 1. The van der Waals surface area contributed by atoms with Gasteiger partial charge in [0.15, 0.2) is 0 Å². The molecule has 0 fully saturated rings. The van der Waals surface area contributed by atoms with Gasteiger partial charge in [-0.2, -0.15) is 4.72 Å². The zero-order valence-corrected chi connectivity index (χ0v) is 11.4. The van der Waals surface area contributed by atoms with Gasteiger partial charge in [0.05, 0.1) is 0 Å². The van der Waals surface area contributed by atoms with Gasteiger partial charge in [-0.3, -0.25) is 4.79 Å². The van der Waals surface area contributed by atoms with Crippen molar-refractivity contribution in [1.82, 2.24) is 4.72 Å². The van der Waals surface area contributed by atoms with Crippen LogP contribution >= 0.6 is 11.3 Å². The van der Waals surface area contributed by atoms with Gasteiger partial charge < -0.3 is 5.11 Å². The minimum Gasteiger partial charge on any atom is -0.480 e. The lowest BCUT2D eigenvalue weighted by molar-refractivity contribution is -0.141. The van der Waals surface area contributed by atoms with Crippen LogP contribution in [0, 0.1) is 5.41 Å². The molecule has 2 N–H and O–H groups in total. The number of thiophene rings is 1. The first-order valence-corrected chi connectivity index (χ1v) is 7.29. The van der Waals surface area contributed by atoms with Crippen LogP contribution in [0.1, 0.15) is 20.8 Å². The third-order valence-corrected chi connectivity index (χ3v) is 4.97. The van der Waals surface area contributed by atoms with Crippen LogP contribution in [-0.2, 0) is 14.8 Å². The maximum absolute atomic E-state index is 11.9. The van der Waals surface area contributed by atoms with Crippen LogP contribution in [-0.4, -0.2) is 25.5 Å². The van der Waals surface area contributed by atoms with E-state index in [9.17, 15) is 13.2 Å². The summed E-state index contributed by atoms with van der Waals surface area (Å²) in [6.07, 6.45) is 0. The first-order valence-electron chi connectivity index (χ1n) is 4.93. The predicted molar refractivity (Wildman–Crippen MR) is 65.5 cm³/mol. The molecule has 1 atom stereocenters. The van der Waals surface area contributed by atoms with Crippen molar-refractivity contribution in [2.45, 2.75) is 31.0 Å². The fourth-order valence-corrected chi connectivity index (χ4v) is 3.63. The van der Waals surface area contributed by atoms with Crippen molar-refractivity contribution in [2.24, 2.45) is 5.41 Å². The molecular weight excluding hydrogens is 262 g/mol. The SMILES string of the molecule is CC(C)(C)[C@H](NS(=O)(=O)c1cccs1)C(=O)O. The number of carboxylic acids is 1. The summed E-state index contributed by atoms with van der Waals surface area (Å²) in [6, 6.07) is 1.88. The summed E-state index contributed by atoms with van der Waals surface area (Å²) in [5, 5.41) is 10.7. The van der Waals surface area contributed by atoms with Crippen LogP contribution in [0.25, 0.3) is 0 Å². The molecule has 7 heteroatoms. The molecule has 17 heavy (non-hydrogen) atoms. The van der Waals surface area contributed by atoms with E-state index in [1.54, 1.807) is 32.2 Å². The van der Waals surface area contributed by atoms with Crippen molar-refractivity contribution in [2.75, 3.05) is 0 Å². The van der Waals surface area contributed by atoms with E-state index < -0.39 is 27.4 Å². The minimum atomic E-state index is -3.76. The van der Waals surface area contributed by atoms with E-state index in [1.807, 2.05) is 0 Å². The van der Waals surface area contributed by atoms with Crippen molar-refractivity contribution in [3.05, 3.63) is 17.5 Å². The first-order chi connectivity index (χ1) is 7.64. The molecule has 0 aliphatic heterocycles. The number of sulfonamides is 1. The standard InChI is InChI=1S/C10H15NO4S2/c1-10(2,3)8(9(12)13)11-17(14,15)7-5-4-6-16-7/h4-6,8,11H,1-3H3,(H,12,13)/t8-/m1/s1. The molecule has 5 nitrogen and oxygen atoms in total. The van der Waals surface area contributed by atoms with Crippen LogP contribution in [0.3, 0.4) is 0 Å². The predicted octanol–water partition coefficient (Wildman–Crippen LogP) is 1.53. The van der Waals surface area contributed by atoms with Crippen LogP contribution in [0.4, 0.5) is 0 Å². The van der Waals surface area contributed by atoms with Gasteiger partial charge in [-0.05, 0) is 16.9 Å². The summed E-state index contributed by atoms with van der Waals surface area (Å²) in [7, 11) is -3.76. The number of carboxylic acid groups (broad SMARTS) is 1. The second-order valence-corrected chi connectivity index (χ2v) is 7.58. The van der Waals surface area contributed by atoms with E-state index in [-0.39, 0.29) is 4.21 Å². The molecule has 96 valence electrons. The molecule has 0 spiro atoms. The quantitative estimate of drug-likeness (QED) is 0.874. The first kappa shape index (κ1) is 14.1. The van der Waals surface area contributed by atoms with Crippen molar-refractivity contribution in [1.29, 1.82) is 0 Å². The smallest absolute Gasteiger partial charge is 0.322 e. The maximum Gasteiger partial charge on any atom is 0.322 e. The highest BCUT2D eigenvalue weighted by atomic mass is 32.2. The zero-order valence-electron chi connectivity index (χ0n) is 9.80. The lowest BCUT2D eigenvalue weighted by Gasteiger charge is -2.27. The van der Waals surface area contributed by atoms with Crippen LogP contribution < -0.4 is 4.72 Å². The van der Waals surface area contributed by atoms with E-state index in [4.69, 9.17) is 5.11 Å². The van der Waals surface area contributed by atoms with Crippen LogP contribution in [0.15, 0.2) is 21.7 Å². The summed E-state index contributed by atoms with van der Waals surface area (Å²) in [5.41, 5.74) is -0.698. The summed E-state index contributed by atoms with van der Waals surface area (Å²) in [4.78, 5) is 11.1. The van der Waals surface area contributed by atoms with Gasteiger partial charge in [0.1, 0.15) is 10.3 Å². The minimum absolute atomic E-state index is 0.119. The number of hydrogen-bond acceptors (Lipinski definition) is 4. The number of carbonyl (C=O) groups is 1. The Balaban J connectivity index is 3.01. The highest BCUT2D eigenvalue weighted by Crippen LogP contribution is 2.23. The molecule has 0 aromatic carbocycles. The van der Waals surface area contributed by atoms with E-state index in [2.05, 4.69) is 4.72 Å². The Morgan fingerprint density at radius 3 is 2.41 bits per heavy atom. The Morgan fingerprint density at radius 1 is 1.47 bits per heavy atom. The second kappa shape index (κ2) is 4.75. The van der Waals surface area contributed by atoms with Crippen molar-refractivity contribution < 1.29 is 18.3 Å². The van der Waals surface area contributed by atoms with Gasteiger partial charge in [-0.1, -0.05) is 26.8 Å². The van der Waals surface area contributed by atoms with Gasteiger partial charge in [0.2, 0.25) is 0 Å². The molecule has 0 aliphatic rings. The van der Waals surface area contributed by atoms with Gasteiger partial charge in [-0.25, -0.2) is 8.42 Å².